The number of para-hydroxylation sites is 1. The molecule has 0 aromatic heterocycles. The molecule has 0 unspecified atom stereocenters. The van der Waals surface area contributed by atoms with Gasteiger partial charge in [-0.05, 0) is 43.9 Å². The van der Waals surface area contributed by atoms with Crippen molar-refractivity contribution in [3.63, 3.8) is 0 Å². The quantitative estimate of drug-likeness (QED) is 0.886. The van der Waals surface area contributed by atoms with Gasteiger partial charge in [-0.3, -0.25) is 0 Å². The first-order valence-corrected chi connectivity index (χ1v) is 9.76. The highest BCUT2D eigenvalue weighted by Crippen LogP contribution is 2.34. The molecule has 0 radical (unpaired) electrons. The largest absolute Gasteiger partial charge is 0.339 e. The predicted molar refractivity (Wildman–Crippen MR) is 104 cm³/mol. The molecule has 130 valence electrons. The van der Waals surface area contributed by atoms with Crippen LogP contribution >= 0.6 is 0 Å². The Hall–Kier alpha value is -2.40. The minimum Gasteiger partial charge on any atom is -0.339 e. The van der Waals surface area contributed by atoms with Crippen LogP contribution in [0.5, 0.6) is 0 Å². The summed E-state index contributed by atoms with van der Waals surface area (Å²) in [6, 6.07) is 13.5. The molecule has 0 aliphatic carbocycles. The van der Waals surface area contributed by atoms with Gasteiger partial charge in [0.25, 0.3) is 10.0 Å². The van der Waals surface area contributed by atoms with E-state index in [2.05, 4.69) is 16.6 Å². The third-order valence-electron chi connectivity index (χ3n) is 4.46. The molecule has 3 rings (SSSR count). The molecular weight excluding hydrogens is 332 g/mol. The van der Waals surface area contributed by atoms with Gasteiger partial charge in [0, 0.05) is 11.3 Å². The monoisotopic (exact) mass is 354 g/mol. The number of rotatable bonds is 3. The Bertz CT molecular complexity index is 985. The van der Waals surface area contributed by atoms with Gasteiger partial charge in [-0.15, -0.1) is 4.40 Å². The molecule has 5 heteroatoms. The molecule has 1 aliphatic heterocycles. The summed E-state index contributed by atoms with van der Waals surface area (Å²) in [4.78, 5) is 0.279. The van der Waals surface area contributed by atoms with Crippen molar-refractivity contribution in [3.8, 4) is 0 Å². The van der Waals surface area contributed by atoms with Crippen LogP contribution in [0.15, 0.2) is 52.4 Å². The van der Waals surface area contributed by atoms with Crippen LogP contribution < -0.4 is 5.32 Å². The molecule has 2 aromatic rings. The number of hydrogen-bond donors (Lipinski definition) is 1. The lowest BCUT2D eigenvalue weighted by Crippen LogP contribution is -2.14. The van der Waals surface area contributed by atoms with E-state index in [4.69, 9.17) is 0 Å². The van der Waals surface area contributed by atoms with Gasteiger partial charge < -0.3 is 5.32 Å². The molecule has 0 fully saturated rings. The van der Waals surface area contributed by atoms with Crippen LogP contribution in [0, 0.1) is 13.8 Å². The van der Waals surface area contributed by atoms with Crippen LogP contribution in [-0.4, -0.2) is 14.3 Å². The van der Waals surface area contributed by atoms with Crippen molar-refractivity contribution in [1.29, 1.82) is 0 Å². The number of benzene rings is 2. The molecular formula is C20H22N2O2S. The first-order chi connectivity index (χ1) is 11.8. The summed E-state index contributed by atoms with van der Waals surface area (Å²) < 4.78 is 29.2. The number of hydrogen-bond acceptors (Lipinski definition) is 3. The lowest BCUT2D eigenvalue weighted by molar-refractivity contribution is 0.608. The Labute approximate surface area is 149 Å². The van der Waals surface area contributed by atoms with Crippen LogP contribution in [0.4, 0.5) is 5.69 Å². The highest BCUT2D eigenvalue weighted by atomic mass is 32.2. The van der Waals surface area contributed by atoms with Gasteiger partial charge in [-0.1, -0.05) is 55.0 Å². The number of nitrogens with zero attached hydrogens (tertiary/aromatic N) is 1. The zero-order chi connectivity index (χ0) is 18.2. The van der Waals surface area contributed by atoms with Crippen molar-refractivity contribution in [2.45, 2.75) is 34.1 Å². The minimum atomic E-state index is -3.70. The number of nitrogens with one attached hydrogen (secondary N) is 1. The van der Waals surface area contributed by atoms with Crippen molar-refractivity contribution in [2.24, 2.45) is 4.40 Å². The van der Waals surface area contributed by atoms with E-state index in [0.29, 0.717) is 17.0 Å². The second-order valence-corrected chi connectivity index (χ2v) is 7.86. The lowest BCUT2D eigenvalue weighted by Gasteiger charge is -2.14. The Morgan fingerprint density at radius 3 is 2.32 bits per heavy atom. The summed E-state index contributed by atoms with van der Waals surface area (Å²) in [5, 5.41) is 3.26. The molecule has 1 N–H and O–H groups in total. The molecule has 0 amide bonds. The molecule has 1 heterocycles. The average molecular weight is 354 g/mol. The molecule has 0 saturated carbocycles. The summed E-state index contributed by atoms with van der Waals surface area (Å²) in [6.45, 7) is 7.86. The summed E-state index contributed by atoms with van der Waals surface area (Å²) in [5.41, 5.74) is 5.54. The van der Waals surface area contributed by atoms with Crippen LogP contribution in [0.1, 0.15) is 36.1 Å². The zero-order valence-electron chi connectivity index (χ0n) is 14.9. The van der Waals surface area contributed by atoms with Gasteiger partial charge >= 0.3 is 0 Å². The number of amidine groups is 1. The Morgan fingerprint density at radius 2 is 1.68 bits per heavy atom. The van der Waals surface area contributed by atoms with Gasteiger partial charge in [-0.2, -0.15) is 8.42 Å². The standard InChI is InChI=1S/C20H22N2O2S/c1-5-16-8-6-7-14(3)18(16)21-20-15(4)19(25(23,24)22-20)17-11-9-13(2)10-12-17/h6-12H,5H2,1-4H3,(H,21,22). The Kier molecular flexibility index (Phi) is 4.52. The minimum absolute atomic E-state index is 0.279. The fourth-order valence-electron chi connectivity index (χ4n) is 3.04. The van der Waals surface area contributed by atoms with Crippen LogP contribution in [-0.2, 0) is 16.4 Å². The van der Waals surface area contributed by atoms with E-state index in [1.165, 1.54) is 0 Å². The third-order valence-corrected chi connectivity index (χ3v) is 5.94. The fourth-order valence-corrected chi connectivity index (χ4v) is 4.47. The Morgan fingerprint density at radius 1 is 1.00 bits per heavy atom. The van der Waals surface area contributed by atoms with Crippen molar-refractivity contribution < 1.29 is 8.42 Å². The summed E-state index contributed by atoms with van der Waals surface area (Å²) >= 11 is 0. The van der Waals surface area contributed by atoms with E-state index >= 15 is 0 Å². The smallest absolute Gasteiger partial charge is 0.285 e. The highest BCUT2D eigenvalue weighted by Gasteiger charge is 2.31. The van der Waals surface area contributed by atoms with Crippen LogP contribution in [0.3, 0.4) is 0 Å². The highest BCUT2D eigenvalue weighted by molar-refractivity contribution is 8.00. The SMILES string of the molecule is CCc1cccc(C)c1NC1=NS(=O)(=O)C(c2ccc(C)cc2)=C1C. The first kappa shape index (κ1) is 17.4. The molecule has 2 aromatic carbocycles. The molecule has 0 spiro atoms. The van der Waals surface area contributed by atoms with E-state index in [9.17, 15) is 8.42 Å². The van der Waals surface area contributed by atoms with E-state index < -0.39 is 10.0 Å². The number of aryl methyl sites for hydroxylation is 3. The summed E-state index contributed by atoms with van der Waals surface area (Å²) in [7, 11) is -3.70. The van der Waals surface area contributed by atoms with Gasteiger partial charge in [0.15, 0.2) is 0 Å². The van der Waals surface area contributed by atoms with Crippen molar-refractivity contribution in [2.75, 3.05) is 5.32 Å². The van der Waals surface area contributed by atoms with Gasteiger partial charge in [-0.25, -0.2) is 0 Å². The number of sulfonamides is 1. The maximum Gasteiger partial charge on any atom is 0.285 e. The van der Waals surface area contributed by atoms with Crippen LogP contribution in [0.25, 0.3) is 4.91 Å². The normalized spacial score (nSPS) is 16.1. The summed E-state index contributed by atoms with van der Waals surface area (Å²) in [5.74, 6) is 0.402. The lowest BCUT2D eigenvalue weighted by atomic mass is 10.0. The molecule has 1 aliphatic rings. The van der Waals surface area contributed by atoms with Gasteiger partial charge in [0.2, 0.25) is 0 Å². The predicted octanol–water partition coefficient (Wildman–Crippen LogP) is 4.45. The summed E-state index contributed by atoms with van der Waals surface area (Å²) in [6.07, 6.45) is 0.859. The van der Waals surface area contributed by atoms with Crippen LogP contribution in [0.2, 0.25) is 0 Å². The fraction of sp³-hybridized carbons (Fsp3) is 0.250. The molecule has 4 nitrogen and oxygen atoms in total. The van der Waals surface area contributed by atoms with Gasteiger partial charge in [0.05, 0.1) is 0 Å². The van der Waals surface area contributed by atoms with Crippen molar-refractivity contribution in [3.05, 3.63) is 70.3 Å². The molecule has 25 heavy (non-hydrogen) atoms. The maximum absolute atomic E-state index is 12.6. The second-order valence-electron chi connectivity index (χ2n) is 6.32. The first-order valence-electron chi connectivity index (χ1n) is 8.32. The van der Waals surface area contributed by atoms with E-state index in [0.717, 1.165) is 28.8 Å². The van der Waals surface area contributed by atoms with E-state index in [1.807, 2.05) is 56.3 Å². The average Bonchev–Trinajstić information content (AvgIpc) is 2.79. The third kappa shape index (κ3) is 3.24. The van der Waals surface area contributed by atoms with E-state index in [1.54, 1.807) is 6.92 Å². The van der Waals surface area contributed by atoms with E-state index in [-0.39, 0.29) is 4.91 Å². The second kappa shape index (κ2) is 6.48. The zero-order valence-corrected chi connectivity index (χ0v) is 15.7. The van der Waals surface area contributed by atoms with Gasteiger partial charge in [0.1, 0.15) is 10.7 Å². The Balaban J connectivity index is 2.06. The molecule has 0 saturated heterocycles. The molecule has 0 atom stereocenters. The molecule has 0 bridgehead atoms. The maximum atomic E-state index is 12.6. The van der Waals surface area contributed by atoms with Crippen molar-refractivity contribution >= 4 is 26.5 Å². The number of anilines is 1. The topological polar surface area (TPSA) is 58.5 Å². The van der Waals surface area contributed by atoms with Crippen molar-refractivity contribution in [1.82, 2.24) is 0 Å².